The number of H-pyrrole nitrogens is 1. The van der Waals surface area contributed by atoms with Gasteiger partial charge in [-0.15, -0.1) is 0 Å². The Bertz CT molecular complexity index is 734. The smallest absolute Gasteiger partial charge is 0.228 e. The fraction of sp³-hybridized carbons (Fsp3) is 0.0714. The van der Waals surface area contributed by atoms with Crippen LogP contribution in [0.15, 0.2) is 47.0 Å². The largest absolute Gasteiger partial charge is 0.370 e. The third-order valence-electron chi connectivity index (χ3n) is 2.93. The summed E-state index contributed by atoms with van der Waals surface area (Å²) >= 11 is 5.22. The van der Waals surface area contributed by atoms with Crippen LogP contribution < -0.4 is 0 Å². The highest BCUT2D eigenvalue weighted by molar-refractivity contribution is 7.71. The molecule has 0 aliphatic carbocycles. The Morgan fingerprint density at radius 3 is 2.59 bits per heavy atom. The molecule has 1 heterocycles. The maximum absolute atomic E-state index is 5.22. The number of aryl methyl sites for hydroxylation is 1. The Kier molecular flexibility index (Phi) is 2.34. The van der Waals surface area contributed by atoms with E-state index in [2.05, 4.69) is 29.4 Å². The minimum absolute atomic E-state index is 0.513. The topological polar surface area (TPSA) is 28.9 Å². The highest BCUT2D eigenvalue weighted by atomic mass is 32.1. The number of benzene rings is 2. The summed E-state index contributed by atoms with van der Waals surface area (Å²) < 4.78 is 5.70. The van der Waals surface area contributed by atoms with Crippen LogP contribution in [0.5, 0.6) is 0 Å². The maximum atomic E-state index is 5.22. The summed E-state index contributed by atoms with van der Waals surface area (Å²) in [7, 11) is 0. The van der Waals surface area contributed by atoms with Crippen molar-refractivity contribution in [3.8, 4) is 11.1 Å². The standard InChI is InChI=1S/C14H11NOS/c1-9-13(14(17)16-15-9)12-8-4-6-10-5-2-3-7-11(10)12/h2-8,15H,1H3. The molecule has 2 nitrogen and oxygen atoms in total. The van der Waals surface area contributed by atoms with E-state index in [1.807, 2.05) is 25.1 Å². The first-order valence-electron chi connectivity index (χ1n) is 5.43. The molecule has 0 saturated heterocycles. The SMILES string of the molecule is Cc1[nH]oc(=S)c1-c1cccc2ccccc12. The number of rotatable bonds is 1. The monoisotopic (exact) mass is 241 g/mol. The van der Waals surface area contributed by atoms with Gasteiger partial charge in [0.05, 0.1) is 11.3 Å². The summed E-state index contributed by atoms with van der Waals surface area (Å²) in [6.07, 6.45) is 0. The molecule has 0 spiro atoms. The predicted octanol–water partition coefficient (Wildman–Crippen LogP) is 4.47. The van der Waals surface area contributed by atoms with Crippen LogP contribution in [0.25, 0.3) is 21.9 Å². The zero-order valence-corrected chi connectivity index (χ0v) is 10.2. The minimum atomic E-state index is 0.513. The molecular weight excluding hydrogens is 230 g/mol. The van der Waals surface area contributed by atoms with Gasteiger partial charge in [0.15, 0.2) is 0 Å². The molecule has 0 saturated carbocycles. The molecular formula is C14H11NOS. The summed E-state index contributed by atoms with van der Waals surface area (Å²) in [4.78, 5) is 0. The highest BCUT2D eigenvalue weighted by Gasteiger charge is 2.10. The zero-order chi connectivity index (χ0) is 11.8. The van der Waals surface area contributed by atoms with Crippen molar-refractivity contribution in [2.45, 2.75) is 6.92 Å². The number of aromatic nitrogens is 1. The van der Waals surface area contributed by atoms with Crippen LogP contribution in [-0.2, 0) is 0 Å². The molecule has 17 heavy (non-hydrogen) atoms. The van der Waals surface area contributed by atoms with Gasteiger partial charge in [-0.2, -0.15) is 0 Å². The zero-order valence-electron chi connectivity index (χ0n) is 9.36. The molecule has 0 aliphatic rings. The van der Waals surface area contributed by atoms with Gasteiger partial charge in [-0.25, -0.2) is 5.16 Å². The molecule has 3 aromatic rings. The van der Waals surface area contributed by atoms with Crippen molar-refractivity contribution in [2.75, 3.05) is 0 Å². The average molecular weight is 241 g/mol. The van der Waals surface area contributed by atoms with Gasteiger partial charge >= 0.3 is 0 Å². The van der Waals surface area contributed by atoms with Gasteiger partial charge < -0.3 is 4.52 Å². The molecule has 1 aromatic heterocycles. The average Bonchev–Trinajstić information content (AvgIpc) is 2.69. The number of hydrogen-bond acceptors (Lipinski definition) is 2. The third-order valence-corrected chi connectivity index (χ3v) is 3.22. The van der Waals surface area contributed by atoms with Gasteiger partial charge in [0.1, 0.15) is 0 Å². The summed E-state index contributed by atoms with van der Waals surface area (Å²) in [6.45, 7) is 1.97. The van der Waals surface area contributed by atoms with E-state index in [-0.39, 0.29) is 0 Å². The van der Waals surface area contributed by atoms with E-state index in [1.54, 1.807) is 0 Å². The maximum Gasteiger partial charge on any atom is 0.228 e. The summed E-state index contributed by atoms with van der Waals surface area (Å²) in [6, 6.07) is 14.5. The molecule has 84 valence electrons. The van der Waals surface area contributed by atoms with Gasteiger partial charge in [-0.1, -0.05) is 42.5 Å². The van der Waals surface area contributed by atoms with Crippen molar-refractivity contribution >= 4 is 23.0 Å². The predicted molar refractivity (Wildman–Crippen MR) is 71.6 cm³/mol. The Labute approximate surface area is 104 Å². The quantitative estimate of drug-likeness (QED) is 0.637. The molecule has 1 N–H and O–H groups in total. The van der Waals surface area contributed by atoms with Crippen LogP contribution in [0.4, 0.5) is 0 Å². The van der Waals surface area contributed by atoms with E-state index < -0.39 is 0 Å². The number of fused-ring (bicyclic) bond motifs is 1. The van der Waals surface area contributed by atoms with Crippen molar-refractivity contribution in [1.29, 1.82) is 0 Å². The van der Waals surface area contributed by atoms with Crippen LogP contribution in [-0.4, -0.2) is 5.16 Å². The summed E-state index contributed by atoms with van der Waals surface area (Å²) in [5.74, 6) is 0. The van der Waals surface area contributed by atoms with Crippen LogP contribution in [0, 0.1) is 11.6 Å². The van der Waals surface area contributed by atoms with E-state index in [4.69, 9.17) is 16.7 Å². The highest BCUT2D eigenvalue weighted by Crippen LogP contribution is 2.31. The molecule has 0 radical (unpaired) electrons. The molecule has 0 amide bonds. The Balaban J connectivity index is 2.43. The second-order valence-electron chi connectivity index (χ2n) is 4.02. The number of hydrogen-bond donors (Lipinski definition) is 1. The Hall–Kier alpha value is -1.87. The fourth-order valence-corrected chi connectivity index (χ4v) is 2.44. The normalized spacial score (nSPS) is 10.9. The third kappa shape index (κ3) is 1.59. The van der Waals surface area contributed by atoms with E-state index in [0.717, 1.165) is 16.8 Å². The number of aromatic amines is 1. The first-order chi connectivity index (χ1) is 8.27. The van der Waals surface area contributed by atoms with Gasteiger partial charge in [0.2, 0.25) is 4.71 Å². The van der Waals surface area contributed by atoms with E-state index in [9.17, 15) is 0 Å². The van der Waals surface area contributed by atoms with Crippen molar-refractivity contribution in [1.82, 2.24) is 5.16 Å². The van der Waals surface area contributed by atoms with Crippen molar-refractivity contribution < 1.29 is 4.52 Å². The Morgan fingerprint density at radius 2 is 1.82 bits per heavy atom. The number of nitrogens with one attached hydrogen (secondary N) is 1. The molecule has 3 rings (SSSR count). The lowest BCUT2D eigenvalue weighted by atomic mass is 9.99. The minimum Gasteiger partial charge on any atom is -0.370 e. The summed E-state index contributed by atoms with van der Waals surface area (Å²) in [5, 5.41) is 5.22. The lowest BCUT2D eigenvalue weighted by Gasteiger charge is -2.04. The van der Waals surface area contributed by atoms with Crippen molar-refractivity contribution in [2.24, 2.45) is 0 Å². The van der Waals surface area contributed by atoms with Gasteiger partial charge in [0, 0.05) is 0 Å². The van der Waals surface area contributed by atoms with Crippen molar-refractivity contribution in [3.63, 3.8) is 0 Å². The van der Waals surface area contributed by atoms with Gasteiger partial charge in [0.25, 0.3) is 0 Å². The fourth-order valence-electron chi connectivity index (χ4n) is 2.13. The van der Waals surface area contributed by atoms with E-state index in [1.165, 1.54) is 10.8 Å². The van der Waals surface area contributed by atoms with E-state index in [0.29, 0.717) is 4.71 Å². The van der Waals surface area contributed by atoms with Gasteiger partial charge in [-0.05, 0) is 35.5 Å². The van der Waals surface area contributed by atoms with Crippen LogP contribution in [0.1, 0.15) is 5.69 Å². The first-order valence-corrected chi connectivity index (χ1v) is 5.84. The van der Waals surface area contributed by atoms with Crippen LogP contribution >= 0.6 is 12.2 Å². The van der Waals surface area contributed by atoms with Crippen molar-refractivity contribution in [3.05, 3.63) is 52.9 Å². The molecule has 0 aliphatic heterocycles. The lowest BCUT2D eigenvalue weighted by molar-refractivity contribution is 0.404. The van der Waals surface area contributed by atoms with E-state index >= 15 is 0 Å². The lowest BCUT2D eigenvalue weighted by Crippen LogP contribution is -1.82. The van der Waals surface area contributed by atoms with Gasteiger partial charge in [-0.3, -0.25) is 0 Å². The second-order valence-corrected chi connectivity index (χ2v) is 4.39. The molecule has 2 aromatic carbocycles. The molecule has 0 atom stereocenters. The molecule has 3 heteroatoms. The Morgan fingerprint density at radius 1 is 1.06 bits per heavy atom. The molecule has 0 bridgehead atoms. The first kappa shape index (κ1) is 10.3. The summed E-state index contributed by atoms with van der Waals surface area (Å²) in [5.41, 5.74) is 3.07. The van der Waals surface area contributed by atoms with Crippen LogP contribution in [0.2, 0.25) is 0 Å². The second kappa shape index (κ2) is 3.86. The van der Waals surface area contributed by atoms with Crippen LogP contribution in [0.3, 0.4) is 0 Å². The molecule has 0 unspecified atom stereocenters. The molecule has 0 fully saturated rings.